The summed E-state index contributed by atoms with van der Waals surface area (Å²) in [6.45, 7) is 6.15. The van der Waals surface area contributed by atoms with Crippen molar-refractivity contribution in [1.29, 1.82) is 0 Å². The second-order valence-corrected chi connectivity index (χ2v) is 4.55. The minimum atomic E-state index is -0.322. The summed E-state index contributed by atoms with van der Waals surface area (Å²) in [4.78, 5) is 4.32. The standard InChI is InChI=1S/C14H23NO/c1-4-5-6-7-8-14(16)13-9-11(2)15-12(3)10-13/h9-10,14,16H,4-8H2,1-3H3. The van der Waals surface area contributed by atoms with Gasteiger partial charge < -0.3 is 5.11 Å². The highest BCUT2D eigenvalue weighted by Crippen LogP contribution is 2.21. The lowest BCUT2D eigenvalue weighted by molar-refractivity contribution is 0.163. The molecule has 1 N–H and O–H groups in total. The van der Waals surface area contributed by atoms with Crippen LogP contribution in [0.15, 0.2) is 12.1 Å². The van der Waals surface area contributed by atoms with Crippen LogP contribution in [0.2, 0.25) is 0 Å². The lowest BCUT2D eigenvalue weighted by Crippen LogP contribution is -2.00. The van der Waals surface area contributed by atoms with Gasteiger partial charge in [0.15, 0.2) is 0 Å². The molecule has 0 aromatic carbocycles. The molecule has 1 rings (SSSR count). The van der Waals surface area contributed by atoms with Gasteiger partial charge in [-0.25, -0.2) is 0 Å². The molecule has 1 aromatic heterocycles. The molecule has 0 aliphatic carbocycles. The van der Waals surface area contributed by atoms with Crippen LogP contribution in [0.4, 0.5) is 0 Å². The van der Waals surface area contributed by atoms with E-state index in [1.54, 1.807) is 0 Å². The van der Waals surface area contributed by atoms with E-state index in [9.17, 15) is 5.11 Å². The Hall–Kier alpha value is -0.890. The summed E-state index contributed by atoms with van der Waals surface area (Å²) in [5.41, 5.74) is 2.99. The van der Waals surface area contributed by atoms with Crippen molar-refractivity contribution in [3.8, 4) is 0 Å². The topological polar surface area (TPSA) is 33.1 Å². The summed E-state index contributed by atoms with van der Waals surface area (Å²) in [5.74, 6) is 0. The number of pyridine rings is 1. The van der Waals surface area contributed by atoms with Crippen molar-refractivity contribution < 1.29 is 5.11 Å². The van der Waals surface area contributed by atoms with E-state index in [0.29, 0.717) is 0 Å². The first kappa shape index (κ1) is 13.2. The van der Waals surface area contributed by atoms with Gasteiger partial charge in [0.25, 0.3) is 0 Å². The number of nitrogens with zero attached hydrogens (tertiary/aromatic N) is 1. The van der Waals surface area contributed by atoms with Crippen LogP contribution < -0.4 is 0 Å². The van der Waals surface area contributed by atoms with E-state index < -0.39 is 0 Å². The summed E-state index contributed by atoms with van der Waals surface area (Å²) in [7, 11) is 0. The van der Waals surface area contributed by atoms with E-state index in [-0.39, 0.29) is 6.10 Å². The molecule has 2 heteroatoms. The fourth-order valence-corrected chi connectivity index (χ4v) is 1.99. The molecule has 1 aromatic rings. The molecule has 0 radical (unpaired) electrons. The summed E-state index contributed by atoms with van der Waals surface area (Å²) >= 11 is 0. The quantitative estimate of drug-likeness (QED) is 0.743. The Balaban J connectivity index is 2.48. The molecule has 1 heterocycles. The molecular formula is C14H23NO. The second-order valence-electron chi connectivity index (χ2n) is 4.55. The molecule has 0 fully saturated rings. The molecule has 0 saturated heterocycles. The van der Waals surface area contributed by atoms with E-state index in [0.717, 1.165) is 29.8 Å². The Morgan fingerprint density at radius 1 is 1.12 bits per heavy atom. The highest BCUT2D eigenvalue weighted by molar-refractivity contribution is 5.22. The summed E-state index contributed by atoms with van der Waals surface area (Å²) in [6.07, 6.45) is 5.37. The number of rotatable bonds is 6. The van der Waals surface area contributed by atoms with Crippen molar-refractivity contribution >= 4 is 0 Å². The van der Waals surface area contributed by atoms with Crippen LogP contribution >= 0.6 is 0 Å². The van der Waals surface area contributed by atoms with Gasteiger partial charge in [-0.3, -0.25) is 4.98 Å². The van der Waals surface area contributed by atoms with Gasteiger partial charge in [-0.05, 0) is 38.0 Å². The molecule has 1 atom stereocenters. The number of aliphatic hydroxyl groups excluding tert-OH is 1. The van der Waals surface area contributed by atoms with Crippen molar-refractivity contribution in [1.82, 2.24) is 4.98 Å². The van der Waals surface area contributed by atoms with Crippen molar-refractivity contribution in [2.24, 2.45) is 0 Å². The van der Waals surface area contributed by atoms with Gasteiger partial charge in [-0.1, -0.05) is 32.6 Å². The van der Waals surface area contributed by atoms with Crippen molar-refractivity contribution in [2.75, 3.05) is 0 Å². The number of hydrogen-bond acceptors (Lipinski definition) is 2. The van der Waals surface area contributed by atoms with Crippen LogP contribution in [-0.2, 0) is 0 Å². The maximum absolute atomic E-state index is 10.0. The molecule has 0 bridgehead atoms. The fraction of sp³-hybridized carbons (Fsp3) is 0.643. The van der Waals surface area contributed by atoms with E-state index >= 15 is 0 Å². The van der Waals surface area contributed by atoms with Crippen LogP contribution in [0.5, 0.6) is 0 Å². The first-order chi connectivity index (χ1) is 7.63. The first-order valence-electron chi connectivity index (χ1n) is 6.26. The van der Waals surface area contributed by atoms with Gasteiger partial charge in [0.2, 0.25) is 0 Å². The average Bonchev–Trinajstić information content (AvgIpc) is 2.22. The summed E-state index contributed by atoms with van der Waals surface area (Å²) < 4.78 is 0. The molecule has 0 spiro atoms. The fourth-order valence-electron chi connectivity index (χ4n) is 1.99. The zero-order valence-electron chi connectivity index (χ0n) is 10.7. The smallest absolute Gasteiger partial charge is 0.0791 e. The third kappa shape index (κ3) is 4.31. The number of aryl methyl sites for hydroxylation is 2. The van der Waals surface area contributed by atoms with Crippen molar-refractivity contribution in [3.63, 3.8) is 0 Å². The first-order valence-corrected chi connectivity index (χ1v) is 6.26. The molecular weight excluding hydrogens is 198 g/mol. The van der Waals surface area contributed by atoms with E-state index in [4.69, 9.17) is 0 Å². The van der Waals surface area contributed by atoms with Crippen LogP contribution in [0.25, 0.3) is 0 Å². The maximum Gasteiger partial charge on any atom is 0.0791 e. The van der Waals surface area contributed by atoms with Crippen LogP contribution in [0.1, 0.15) is 62.1 Å². The highest BCUT2D eigenvalue weighted by Gasteiger charge is 2.08. The Bertz CT molecular complexity index is 302. The average molecular weight is 221 g/mol. The van der Waals surface area contributed by atoms with E-state index in [2.05, 4.69) is 11.9 Å². The molecule has 0 saturated carbocycles. The van der Waals surface area contributed by atoms with Crippen LogP contribution in [0, 0.1) is 13.8 Å². The van der Waals surface area contributed by atoms with E-state index in [1.807, 2.05) is 26.0 Å². The molecule has 2 nitrogen and oxygen atoms in total. The minimum Gasteiger partial charge on any atom is -0.388 e. The third-order valence-electron chi connectivity index (χ3n) is 2.82. The molecule has 0 amide bonds. The molecule has 1 unspecified atom stereocenters. The predicted octanol–water partition coefficient (Wildman–Crippen LogP) is 3.70. The number of hydrogen-bond donors (Lipinski definition) is 1. The van der Waals surface area contributed by atoms with Gasteiger partial charge in [0.05, 0.1) is 6.10 Å². The largest absolute Gasteiger partial charge is 0.388 e. The Labute approximate surface area is 98.7 Å². The Morgan fingerprint density at radius 3 is 2.31 bits per heavy atom. The number of aromatic nitrogens is 1. The molecule has 16 heavy (non-hydrogen) atoms. The number of unbranched alkanes of at least 4 members (excludes halogenated alkanes) is 3. The maximum atomic E-state index is 10.0. The number of aliphatic hydroxyl groups is 1. The predicted molar refractivity (Wildman–Crippen MR) is 67.4 cm³/mol. The molecule has 90 valence electrons. The Kier molecular flexibility index (Phi) is 5.47. The minimum absolute atomic E-state index is 0.322. The van der Waals surface area contributed by atoms with Gasteiger partial charge >= 0.3 is 0 Å². The van der Waals surface area contributed by atoms with Crippen molar-refractivity contribution in [3.05, 3.63) is 29.1 Å². The highest BCUT2D eigenvalue weighted by atomic mass is 16.3. The summed E-state index contributed by atoms with van der Waals surface area (Å²) in [5, 5.41) is 10.0. The summed E-state index contributed by atoms with van der Waals surface area (Å²) in [6, 6.07) is 3.97. The lowest BCUT2D eigenvalue weighted by atomic mass is 10.0. The third-order valence-corrected chi connectivity index (χ3v) is 2.82. The van der Waals surface area contributed by atoms with Gasteiger partial charge in [-0.2, -0.15) is 0 Å². The zero-order chi connectivity index (χ0) is 12.0. The van der Waals surface area contributed by atoms with Gasteiger partial charge in [0.1, 0.15) is 0 Å². The monoisotopic (exact) mass is 221 g/mol. The van der Waals surface area contributed by atoms with Crippen LogP contribution in [-0.4, -0.2) is 10.1 Å². The Morgan fingerprint density at radius 2 is 1.75 bits per heavy atom. The molecule has 0 aliphatic rings. The van der Waals surface area contributed by atoms with E-state index in [1.165, 1.54) is 19.3 Å². The van der Waals surface area contributed by atoms with Gasteiger partial charge in [0, 0.05) is 11.4 Å². The molecule has 0 aliphatic heterocycles. The van der Waals surface area contributed by atoms with Crippen molar-refractivity contribution in [2.45, 2.75) is 59.0 Å². The zero-order valence-corrected chi connectivity index (χ0v) is 10.7. The van der Waals surface area contributed by atoms with Gasteiger partial charge in [-0.15, -0.1) is 0 Å². The SMILES string of the molecule is CCCCCCC(O)c1cc(C)nc(C)c1. The normalized spacial score (nSPS) is 12.8. The second kappa shape index (κ2) is 6.64. The van der Waals surface area contributed by atoms with Crippen LogP contribution in [0.3, 0.4) is 0 Å². The lowest BCUT2D eigenvalue weighted by Gasteiger charge is -2.12.